The number of amides is 1. The summed E-state index contributed by atoms with van der Waals surface area (Å²) in [5, 5.41) is 0. The summed E-state index contributed by atoms with van der Waals surface area (Å²) in [6.45, 7) is 6.83. The predicted octanol–water partition coefficient (Wildman–Crippen LogP) is 2.87. The Balaban J connectivity index is 2.51. The Kier molecular flexibility index (Phi) is 5.32. The lowest BCUT2D eigenvalue weighted by molar-refractivity contribution is -0.117. The van der Waals surface area contributed by atoms with E-state index in [9.17, 15) is 4.79 Å². The molecule has 0 atom stereocenters. The molecule has 3 heteroatoms. The van der Waals surface area contributed by atoms with E-state index in [1.54, 1.807) is 6.20 Å². The number of nitrogens with two attached hydrogens (primary N) is 1. The highest BCUT2D eigenvalue weighted by atomic mass is 16.1. The van der Waals surface area contributed by atoms with E-state index in [2.05, 4.69) is 25.8 Å². The molecular formula is C15H24N2O. The van der Waals surface area contributed by atoms with Crippen LogP contribution in [-0.4, -0.2) is 10.9 Å². The van der Waals surface area contributed by atoms with Gasteiger partial charge in [0.15, 0.2) is 0 Å². The van der Waals surface area contributed by atoms with E-state index in [0.29, 0.717) is 5.41 Å². The van der Waals surface area contributed by atoms with Crippen molar-refractivity contribution in [1.82, 2.24) is 4.98 Å². The van der Waals surface area contributed by atoms with Gasteiger partial charge in [0.1, 0.15) is 0 Å². The fourth-order valence-electron chi connectivity index (χ4n) is 2.18. The van der Waals surface area contributed by atoms with Crippen molar-refractivity contribution in [2.75, 3.05) is 0 Å². The summed E-state index contributed by atoms with van der Waals surface area (Å²) in [5.41, 5.74) is 7.50. The molecule has 2 N–H and O–H groups in total. The molecule has 1 heterocycles. The van der Waals surface area contributed by atoms with Crippen LogP contribution in [0.3, 0.4) is 0 Å². The first-order chi connectivity index (χ1) is 8.43. The largest absolute Gasteiger partial charge is 0.369 e. The van der Waals surface area contributed by atoms with Crippen molar-refractivity contribution in [3.63, 3.8) is 0 Å². The first-order valence-corrected chi connectivity index (χ1v) is 6.65. The summed E-state index contributed by atoms with van der Waals surface area (Å²) in [6, 6.07) is 3.94. The minimum Gasteiger partial charge on any atom is -0.369 e. The van der Waals surface area contributed by atoms with Gasteiger partial charge in [-0.25, -0.2) is 0 Å². The smallest absolute Gasteiger partial charge is 0.221 e. The molecule has 0 aliphatic carbocycles. The average Bonchev–Trinajstić information content (AvgIpc) is 2.27. The van der Waals surface area contributed by atoms with Crippen molar-refractivity contribution in [1.29, 1.82) is 0 Å². The Morgan fingerprint density at radius 2 is 2.06 bits per heavy atom. The SMILES string of the molecule is CCCC(C)(C)CCc1ccc(CC(N)=O)cn1. The Labute approximate surface area is 110 Å². The molecule has 0 unspecified atom stereocenters. The minimum atomic E-state index is -0.311. The van der Waals surface area contributed by atoms with Crippen LogP contribution in [0.15, 0.2) is 18.3 Å². The lowest BCUT2D eigenvalue weighted by atomic mass is 9.83. The van der Waals surface area contributed by atoms with E-state index >= 15 is 0 Å². The number of aryl methyl sites for hydroxylation is 1. The maximum atomic E-state index is 10.8. The van der Waals surface area contributed by atoms with E-state index < -0.39 is 0 Å². The summed E-state index contributed by atoms with van der Waals surface area (Å²) in [7, 11) is 0. The van der Waals surface area contributed by atoms with Crippen LogP contribution in [0.2, 0.25) is 0 Å². The zero-order valence-electron chi connectivity index (χ0n) is 11.7. The number of carbonyl (C=O) groups excluding carboxylic acids is 1. The number of carbonyl (C=O) groups is 1. The first kappa shape index (κ1) is 14.7. The van der Waals surface area contributed by atoms with Gasteiger partial charge in [-0.1, -0.05) is 33.3 Å². The number of nitrogens with zero attached hydrogens (tertiary/aromatic N) is 1. The molecule has 0 saturated carbocycles. The summed E-state index contributed by atoms with van der Waals surface area (Å²) in [4.78, 5) is 15.2. The van der Waals surface area contributed by atoms with E-state index in [-0.39, 0.29) is 12.3 Å². The van der Waals surface area contributed by atoms with Gasteiger partial charge < -0.3 is 5.73 Å². The molecule has 1 aromatic heterocycles. The topological polar surface area (TPSA) is 56.0 Å². The standard InChI is InChI=1S/C15H24N2O/c1-4-8-15(2,3)9-7-13-6-5-12(11-17-13)10-14(16)18/h5-6,11H,4,7-10H2,1-3H3,(H2,16,18). The molecule has 1 rings (SSSR count). The quantitative estimate of drug-likeness (QED) is 0.806. The molecule has 3 nitrogen and oxygen atoms in total. The Bertz CT molecular complexity index is 382. The third-order valence-corrected chi connectivity index (χ3v) is 3.25. The maximum Gasteiger partial charge on any atom is 0.221 e. The van der Waals surface area contributed by atoms with Crippen LogP contribution in [0.5, 0.6) is 0 Å². The predicted molar refractivity (Wildman–Crippen MR) is 74.1 cm³/mol. The van der Waals surface area contributed by atoms with Crippen LogP contribution in [0, 0.1) is 5.41 Å². The molecule has 0 saturated heterocycles. The maximum absolute atomic E-state index is 10.8. The molecule has 0 radical (unpaired) electrons. The molecule has 1 aromatic rings. The average molecular weight is 248 g/mol. The fraction of sp³-hybridized carbons (Fsp3) is 0.600. The van der Waals surface area contributed by atoms with Crippen LogP contribution >= 0.6 is 0 Å². The van der Waals surface area contributed by atoms with Crippen LogP contribution in [-0.2, 0) is 17.6 Å². The molecule has 0 aliphatic heterocycles. The van der Waals surface area contributed by atoms with Gasteiger partial charge in [0, 0.05) is 11.9 Å². The summed E-state index contributed by atoms with van der Waals surface area (Å²) < 4.78 is 0. The third-order valence-electron chi connectivity index (χ3n) is 3.25. The second-order valence-electron chi connectivity index (χ2n) is 5.72. The second kappa shape index (κ2) is 6.53. The first-order valence-electron chi connectivity index (χ1n) is 6.65. The molecule has 100 valence electrons. The van der Waals surface area contributed by atoms with Gasteiger partial charge in [-0.2, -0.15) is 0 Å². The van der Waals surface area contributed by atoms with Crippen LogP contribution < -0.4 is 5.73 Å². The number of aromatic nitrogens is 1. The highest BCUT2D eigenvalue weighted by Gasteiger charge is 2.16. The summed E-state index contributed by atoms with van der Waals surface area (Å²) in [5.74, 6) is -0.311. The van der Waals surface area contributed by atoms with Crippen LogP contribution in [0.4, 0.5) is 0 Å². The van der Waals surface area contributed by atoms with Gasteiger partial charge in [0.05, 0.1) is 6.42 Å². The molecule has 18 heavy (non-hydrogen) atoms. The summed E-state index contributed by atoms with van der Waals surface area (Å²) in [6.07, 6.45) is 6.62. The number of hydrogen-bond acceptors (Lipinski definition) is 2. The zero-order chi connectivity index (χ0) is 13.6. The van der Waals surface area contributed by atoms with E-state index in [0.717, 1.165) is 24.1 Å². The van der Waals surface area contributed by atoms with E-state index in [4.69, 9.17) is 5.73 Å². The Morgan fingerprint density at radius 3 is 2.56 bits per heavy atom. The van der Waals surface area contributed by atoms with Crippen molar-refractivity contribution >= 4 is 5.91 Å². The highest BCUT2D eigenvalue weighted by Crippen LogP contribution is 2.27. The molecular weight excluding hydrogens is 224 g/mol. The van der Waals surface area contributed by atoms with Crippen molar-refractivity contribution in [3.8, 4) is 0 Å². The second-order valence-corrected chi connectivity index (χ2v) is 5.72. The van der Waals surface area contributed by atoms with Crippen molar-refractivity contribution in [2.24, 2.45) is 11.1 Å². The van der Waals surface area contributed by atoms with Crippen molar-refractivity contribution in [2.45, 2.75) is 52.9 Å². The Morgan fingerprint density at radius 1 is 1.33 bits per heavy atom. The van der Waals surface area contributed by atoms with Gasteiger partial charge in [-0.15, -0.1) is 0 Å². The van der Waals surface area contributed by atoms with Gasteiger partial charge >= 0.3 is 0 Å². The normalized spacial score (nSPS) is 11.5. The van der Waals surface area contributed by atoms with Crippen LogP contribution in [0.1, 0.15) is 51.3 Å². The van der Waals surface area contributed by atoms with Gasteiger partial charge in [0.2, 0.25) is 5.91 Å². The lowest BCUT2D eigenvalue weighted by Gasteiger charge is -2.23. The number of primary amides is 1. The molecule has 0 spiro atoms. The minimum absolute atomic E-state index is 0.272. The highest BCUT2D eigenvalue weighted by molar-refractivity contribution is 5.76. The van der Waals surface area contributed by atoms with Crippen molar-refractivity contribution < 1.29 is 4.79 Å². The van der Waals surface area contributed by atoms with Crippen LogP contribution in [0.25, 0.3) is 0 Å². The van der Waals surface area contributed by atoms with Gasteiger partial charge in [-0.05, 0) is 36.3 Å². The molecule has 0 bridgehead atoms. The Hall–Kier alpha value is -1.38. The zero-order valence-corrected chi connectivity index (χ0v) is 11.7. The number of rotatable bonds is 7. The van der Waals surface area contributed by atoms with Gasteiger partial charge in [0.25, 0.3) is 0 Å². The van der Waals surface area contributed by atoms with E-state index in [1.807, 2.05) is 12.1 Å². The number of pyridine rings is 1. The van der Waals surface area contributed by atoms with Crippen molar-refractivity contribution in [3.05, 3.63) is 29.6 Å². The van der Waals surface area contributed by atoms with E-state index in [1.165, 1.54) is 12.8 Å². The summed E-state index contributed by atoms with van der Waals surface area (Å²) >= 11 is 0. The fourth-order valence-corrected chi connectivity index (χ4v) is 2.18. The van der Waals surface area contributed by atoms with Gasteiger partial charge in [-0.3, -0.25) is 9.78 Å². The number of hydrogen-bond donors (Lipinski definition) is 1. The molecule has 0 aromatic carbocycles. The third kappa shape index (κ3) is 5.30. The lowest BCUT2D eigenvalue weighted by Crippen LogP contribution is -2.14. The molecule has 1 amide bonds. The molecule has 0 fully saturated rings. The monoisotopic (exact) mass is 248 g/mol. The molecule has 0 aliphatic rings.